The molecule has 6 heteroatoms. The fourth-order valence-electron chi connectivity index (χ4n) is 2.16. The number of aromatic nitrogens is 2. The van der Waals surface area contributed by atoms with Crippen LogP contribution in [0.4, 0.5) is 5.82 Å². The van der Waals surface area contributed by atoms with E-state index in [0.29, 0.717) is 22.9 Å². The number of benzene rings is 2. The van der Waals surface area contributed by atoms with Crippen LogP contribution in [0, 0.1) is 0 Å². The van der Waals surface area contributed by atoms with Gasteiger partial charge in [0.05, 0.1) is 12.7 Å². The predicted octanol–water partition coefficient (Wildman–Crippen LogP) is 4.60. The molecule has 0 unspecified atom stereocenters. The van der Waals surface area contributed by atoms with Gasteiger partial charge in [0.25, 0.3) is 5.91 Å². The fraction of sp³-hybridized carbons (Fsp3) is 0.0588. The van der Waals surface area contributed by atoms with E-state index < -0.39 is 0 Å². The number of nitrogens with zero attached hydrogens (tertiary/aromatic N) is 2. The van der Waals surface area contributed by atoms with Crippen LogP contribution in [0.5, 0.6) is 0 Å². The quantitative estimate of drug-likeness (QED) is 0.708. The van der Waals surface area contributed by atoms with E-state index >= 15 is 0 Å². The number of anilines is 1. The van der Waals surface area contributed by atoms with E-state index in [-0.39, 0.29) is 5.91 Å². The van der Waals surface area contributed by atoms with Gasteiger partial charge in [-0.2, -0.15) is 5.10 Å². The molecule has 0 atom stereocenters. The molecular formula is C17H13BrClN3O. The lowest BCUT2D eigenvalue weighted by molar-refractivity contribution is 0.102. The Hall–Kier alpha value is -2.11. The van der Waals surface area contributed by atoms with Crippen LogP contribution in [0.1, 0.15) is 15.9 Å². The first-order valence-electron chi connectivity index (χ1n) is 6.95. The van der Waals surface area contributed by atoms with E-state index in [1.165, 1.54) is 0 Å². The summed E-state index contributed by atoms with van der Waals surface area (Å²) < 4.78 is 2.66. The summed E-state index contributed by atoms with van der Waals surface area (Å²) in [5.74, 6) is 0.461. The largest absolute Gasteiger partial charge is 0.307 e. The van der Waals surface area contributed by atoms with Crippen molar-refractivity contribution in [2.24, 2.45) is 0 Å². The number of nitrogens with one attached hydrogen (secondary N) is 1. The van der Waals surface area contributed by atoms with Gasteiger partial charge < -0.3 is 5.32 Å². The number of halogens is 2. The first-order chi connectivity index (χ1) is 11.1. The number of amides is 1. The number of carbonyl (C=O) groups is 1. The SMILES string of the molecule is O=C(Nc1ccnn1Cc1cccc(Cl)c1)c1ccc(Br)cc1. The molecular weight excluding hydrogens is 378 g/mol. The molecule has 116 valence electrons. The van der Waals surface area contributed by atoms with Gasteiger partial charge in [0.2, 0.25) is 0 Å². The molecule has 0 fully saturated rings. The normalized spacial score (nSPS) is 10.5. The van der Waals surface area contributed by atoms with Crippen LogP contribution in [0.25, 0.3) is 0 Å². The third kappa shape index (κ3) is 4.00. The third-order valence-electron chi connectivity index (χ3n) is 3.29. The Bertz CT molecular complexity index is 830. The van der Waals surface area contributed by atoms with Crippen molar-refractivity contribution >= 4 is 39.3 Å². The van der Waals surface area contributed by atoms with Gasteiger partial charge in [-0.05, 0) is 42.0 Å². The second-order valence-electron chi connectivity index (χ2n) is 4.97. The Balaban J connectivity index is 1.75. The summed E-state index contributed by atoms with van der Waals surface area (Å²) in [6.07, 6.45) is 1.65. The van der Waals surface area contributed by atoms with Crippen molar-refractivity contribution in [2.75, 3.05) is 5.32 Å². The molecule has 23 heavy (non-hydrogen) atoms. The van der Waals surface area contributed by atoms with Gasteiger partial charge in [-0.25, -0.2) is 4.68 Å². The smallest absolute Gasteiger partial charge is 0.256 e. The molecule has 2 aromatic carbocycles. The highest BCUT2D eigenvalue weighted by Crippen LogP contribution is 2.16. The first-order valence-corrected chi connectivity index (χ1v) is 8.12. The van der Waals surface area contributed by atoms with Crippen LogP contribution in [-0.2, 0) is 6.54 Å². The summed E-state index contributed by atoms with van der Waals surface area (Å²) >= 11 is 9.35. The molecule has 1 N–H and O–H groups in total. The average Bonchev–Trinajstić information content (AvgIpc) is 2.95. The molecule has 0 aliphatic rings. The topological polar surface area (TPSA) is 46.9 Å². The Morgan fingerprint density at radius 2 is 1.96 bits per heavy atom. The third-order valence-corrected chi connectivity index (χ3v) is 4.05. The lowest BCUT2D eigenvalue weighted by Gasteiger charge is -2.09. The van der Waals surface area contributed by atoms with Gasteiger partial charge in [-0.15, -0.1) is 0 Å². The monoisotopic (exact) mass is 389 g/mol. The van der Waals surface area contributed by atoms with E-state index in [0.717, 1.165) is 10.0 Å². The van der Waals surface area contributed by atoms with Crippen molar-refractivity contribution in [1.82, 2.24) is 9.78 Å². The summed E-state index contributed by atoms with van der Waals surface area (Å²) in [5.41, 5.74) is 1.60. The molecule has 0 bridgehead atoms. The van der Waals surface area contributed by atoms with E-state index in [9.17, 15) is 4.79 Å². The van der Waals surface area contributed by atoms with Gasteiger partial charge in [-0.1, -0.05) is 39.7 Å². The highest BCUT2D eigenvalue weighted by Gasteiger charge is 2.10. The maximum atomic E-state index is 12.3. The minimum atomic E-state index is -0.176. The molecule has 1 heterocycles. The maximum absolute atomic E-state index is 12.3. The van der Waals surface area contributed by atoms with E-state index in [4.69, 9.17) is 11.6 Å². The van der Waals surface area contributed by atoms with E-state index in [1.807, 2.05) is 36.4 Å². The lowest BCUT2D eigenvalue weighted by atomic mass is 10.2. The molecule has 0 radical (unpaired) electrons. The summed E-state index contributed by atoms with van der Waals surface area (Å²) in [5, 5.41) is 7.80. The van der Waals surface area contributed by atoms with Crippen LogP contribution < -0.4 is 5.32 Å². The summed E-state index contributed by atoms with van der Waals surface area (Å²) in [6.45, 7) is 0.531. The molecule has 0 spiro atoms. The van der Waals surface area contributed by atoms with E-state index in [2.05, 4.69) is 26.3 Å². The second-order valence-corrected chi connectivity index (χ2v) is 6.32. The Labute approximate surface area is 147 Å². The van der Waals surface area contributed by atoms with Crippen molar-refractivity contribution in [3.63, 3.8) is 0 Å². The molecule has 0 saturated heterocycles. The lowest BCUT2D eigenvalue weighted by Crippen LogP contribution is -2.16. The van der Waals surface area contributed by atoms with Crippen LogP contribution >= 0.6 is 27.5 Å². The standard InChI is InChI=1S/C17H13BrClN3O/c18-14-6-4-13(5-7-14)17(23)21-16-8-9-20-22(16)11-12-2-1-3-15(19)10-12/h1-10H,11H2,(H,21,23). The van der Waals surface area contributed by atoms with Gasteiger partial charge in [-0.3, -0.25) is 4.79 Å². The minimum absolute atomic E-state index is 0.176. The van der Waals surface area contributed by atoms with Gasteiger partial charge in [0, 0.05) is 21.1 Å². The van der Waals surface area contributed by atoms with Crippen molar-refractivity contribution in [2.45, 2.75) is 6.54 Å². The zero-order valence-corrected chi connectivity index (χ0v) is 14.4. The summed E-state index contributed by atoms with van der Waals surface area (Å²) in [4.78, 5) is 12.3. The molecule has 0 saturated carbocycles. The molecule has 3 aromatic rings. The molecule has 0 aliphatic carbocycles. The molecule has 1 aromatic heterocycles. The van der Waals surface area contributed by atoms with Crippen molar-refractivity contribution in [1.29, 1.82) is 0 Å². The molecule has 3 rings (SSSR count). The number of rotatable bonds is 4. The fourth-order valence-corrected chi connectivity index (χ4v) is 2.64. The maximum Gasteiger partial charge on any atom is 0.256 e. The first kappa shape index (κ1) is 15.8. The van der Waals surface area contributed by atoms with Gasteiger partial charge >= 0.3 is 0 Å². The Morgan fingerprint density at radius 3 is 2.70 bits per heavy atom. The number of hydrogen-bond acceptors (Lipinski definition) is 2. The van der Waals surface area contributed by atoms with Gasteiger partial charge in [0.15, 0.2) is 0 Å². The number of carbonyl (C=O) groups excluding carboxylic acids is 1. The summed E-state index contributed by atoms with van der Waals surface area (Å²) in [7, 11) is 0. The predicted molar refractivity (Wildman–Crippen MR) is 94.9 cm³/mol. The van der Waals surface area contributed by atoms with Crippen LogP contribution in [-0.4, -0.2) is 15.7 Å². The molecule has 1 amide bonds. The minimum Gasteiger partial charge on any atom is -0.307 e. The van der Waals surface area contributed by atoms with Crippen LogP contribution in [0.2, 0.25) is 5.02 Å². The highest BCUT2D eigenvalue weighted by atomic mass is 79.9. The van der Waals surface area contributed by atoms with Crippen molar-refractivity contribution < 1.29 is 4.79 Å². The van der Waals surface area contributed by atoms with E-state index in [1.54, 1.807) is 29.1 Å². The summed E-state index contributed by atoms with van der Waals surface area (Å²) in [6, 6.07) is 16.5. The van der Waals surface area contributed by atoms with Crippen molar-refractivity contribution in [3.8, 4) is 0 Å². The number of hydrogen-bond donors (Lipinski definition) is 1. The van der Waals surface area contributed by atoms with Crippen molar-refractivity contribution in [3.05, 3.63) is 81.4 Å². The van der Waals surface area contributed by atoms with Gasteiger partial charge in [0.1, 0.15) is 5.82 Å². The van der Waals surface area contributed by atoms with Crippen LogP contribution in [0.15, 0.2) is 65.3 Å². The zero-order valence-electron chi connectivity index (χ0n) is 12.0. The Morgan fingerprint density at radius 1 is 1.17 bits per heavy atom. The Kier molecular flexibility index (Phi) is 4.79. The average molecular weight is 391 g/mol. The second kappa shape index (κ2) is 6.98. The van der Waals surface area contributed by atoms with Crippen LogP contribution in [0.3, 0.4) is 0 Å². The molecule has 4 nitrogen and oxygen atoms in total. The highest BCUT2D eigenvalue weighted by molar-refractivity contribution is 9.10. The molecule has 0 aliphatic heterocycles. The zero-order chi connectivity index (χ0) is 16.2.